The summed E-state index contributed by atoms with van der Waals surface area (Å²) in [6, 6.07) is 3.16. The van der Waals surface area contributed by atoms with Crippen LogP contribution in [0.15, 0.2) is 30.7 Å². The van der Waals surface area contributed by atoms with Crippen LogP contribution in [-0.4, -0.2) is 20.7 Å². The summed E-state index contributed by atoms with van der Waals surface area (Å²) in [6.07, 6.45) is 4.79. The van der Waals surface area contributed by atoms with Crippen molar-refractivity contribution in [3.8, 4) is 0 Å². The molecular formula is C10H12N6O. The number of nitrogens with two attached hydrogens (primary N) is 1. The SMILES string of the molecule is Cn1cc(NC(=O)c2ccnc(NN)c2)cn1. The molecule has 0 aliphatic rings. The summed E-state index contributed by atoms with van der Waals surface area (Å²) in [5.41, 5.74) is 3.49. The smallest absolute Gasteiger partial charge is 0.255 e. The largest absolute Gasteiger partial charge is 0.319 e. The van der Waals surface area contributed by atoms with E-state index in [-0.39, 0.29) is 5.91 Å². The molecule has 2 aromatic rings. The predicted molar refractivity (Wildman–Crippen MR) is 63.2 cm³/mol. The summed E-state index contributed by atoms with van der Waals surface area (Å²) in [6.45, 7) is 0. The zero-order valence-corrected chi connectivity index (χ0v) is 9.21. The average molecular weight is 232 g/mol. The van der Waals surface area contributed by atoms with Gasteiger partial charge in [0, 0.05) is 25.0 Å². The number of nitrogen functional groups attached to an aromatic ring is 1. The Bertz CT molecular complexity index is 535. The number of aromatic nitrogens is 3. The summed E-state index contributed by atoms with van der Waals surface area (Å²) >= 11 is 0. The zero-order valence-electron chi connectivity index (χ0n) is 9.21. The van der Waals surface area contributed by atoms with E-state index in [9.17, 15) is 4.79 Å². The predicted octanol–water partition coefficient (Wildman–Crippen LogP) is 0.353. The minimum atomic E-state index is -0.239. The van der Waals surface area contributed by atoms with Gasteiger partial charge in [-0.3, -0.25) is 9.48 Å². The lowest BCUT2D eigenvalue weighted by atomic mass is 10.2. The highest BCUT2D eigenvalue weighted by Crippen LogP contribution is 2.09. The van der Waals surface area contributed by atoms with Crippen molar-refractivity contribution in [3.63, 3.8) is 0 Å². The molecule has 0 aromatic carbocycles. The number of aryl methyl sites for hydroxylation is 1. The summed E-state index contributed by atoms with van der Waals surface area (Å²) in [5, 5.41) is 6.67. The third kappa shape index (κ3) is 2.58. The van der Waals surface area contributed by atoms with E-state index in [1.54, 1.807) is 36.3 Å². The molecule has 4 N–H and O–H groups in total. The molecule has 7 heteroatoms. The number of nitrogens with one attached hydrogen (secondary N) is 2. The second kappa shape index (κ2) is 4.62. The van der Waals surface area contributed by atoms with Crippen molar-refractivity contribution in [2.75, 3.05) is 10.7 Å². The molecule has 17 heavy (non-hydrogen) atoms. The molecule has 0 fully saturated rings. The molecule has 2 aromatic heterocycles. The molecule has 0 spiro atoms. The number of rotatable bonds is 3. The van der Waals surface area contributed by atoms with Crippen molar-refractivity contribution in [1.29, 1.82) is 0 Å². The van der Waals surface area contributed by atoms with Gasteiger partial charge in [0.05, 0.1) is 11.9 Å². The van der Waals surface area contributed by atoms with Gasteiger partial charge in [0.1, 0.15) is 5.82 Å². The number of anilines is 2. The van der Waals surface area contributed by atoms with E-state index >= 15 is 0 Å². The third-order valence-corrected chi connectivity index (χ3v) is 2.13. The lowest BCUT2D eigenvalue weighted by Crippen LogP contribution is -2.14. The van der Waals surface area contributed by atoms with E-state index in [0.717, 1.165) is 0 Å². The third-order valence-electron chi connectivity index (χ3n) is 2.13. The molecule has 0 aliphatic heterocycles. The summed E-state index contributed by atoms with van der Waals surface area (Å²) in [5.74, 6) is 5.41. The van der Waals surface area contributed by atoms with Crippen molar-refractivity contribution in [3.05, 3.63) is 36.3 Å². The van der Waals surface area contributed by atoms with Crippen LogP contribution in [-0.2, 0) is 7.05 Å². The Morgan fingerprint density at radius 2 is 2.35 bits per heavy atom. The molecule has 7 nitrogen and oxygen atoms in total. The van der Waals surface area contributed by atoms with Crippen molar-refractivity contribution in [2.45, 2.75) is 0 Å². The van der Waals surface area contributed by atoms with Crippen LogP contribution in [0.5, 0.6) is 0 Å². The second-order valence-electron chi connectivity index (χ2n) is 3.43. The Balaban J connectivity index is 2.14. The van der Waals surface area contributed by atoms with Gasteiger partial charge in [-0.25, -0.2) is 10.8 Å². The highest BCUT2D eigenvalue weighted by Gasteiger charge is 2.07. The van der Waals surface area contributed by atoms with E-state index in [1.807, 2.05) is 0 Å². The normalized spacial score (nSPS) is 10.0. The van der Waals surface area contributed by atoms with Gasteiger partial charge in [0.25, 0.3) is 5.91 Å². The second-order valence-corrected chi connectivity index (χ2v) is 3.43. The number of hydrogen-bond donors (Lipinski definition) is 3. The Labute approximate surface area is 97.6 Å². The van der Waals surface area contributed by atoms with Gasteiger partial charge >= 0.3 is 0 Å². The van der Waals surface area contributed by atoms with Crippen LogP contribution >= 0.6 is 0 Å². The maximum atomic E-state index is 11.8. The van der Waals surface area contributed by atoms with Crippen LogP contribution in [0.2, 0.25) is 0 Å². The van der Waals surface area contributed by atoms with Gasteiger partial charge in [-0.15, -0.1) is 0 Å². The highest BCUT2D eigenvalue weighted by atomic mass is 16.1. The number of pyridine rings is 1. The molecule has 0 unspecified atom stereocenters. The number of carbonyl (C=O) groups excluding carboxylic acids is 1. The van der Waals surface area contributed by atoms with E-state index < -0.39 is 0 Å². The fraction of sp³-hybridized carbons (Fsp3) is 0.100. The molecule has 0 aliphatic carbocycles. The van der Waals surface area contributed by atoms with Gasteiger partial charge in [-0.05, 0) is 12.1 Å². The fourth-order valence-corrected chi connectivity index (χ4v) is 1.34. The lowest BCUT2D eigenvalue weighted by molar-refractivity contribution is 0.102. The molecular weight excluding hydrogens is 220 g/mol. The van der Waals surface area contributed by atoms with Crippen LogP contribution in [0.3, 0.4) is 0 Å². The molecule has 0 saturated carbocycles. The van der Waals surface area contributed by atoms with E-state index in [0.29, 0.717) is 17.1 Å². The summed E-state index contributed by atoms with van der Waals surface area (Å²) in [4.78, 5) is 15.8. The Kier molecular flexibility index (Phi) is 3.01. The Hall–Kier alpha value is -2.41. The monoisotopic (exact) mass is 232 g/mol. The topological polar surface area (TPSA) is 97.9 Å². The van der Waals surface area contributed by atoms with Gasteiger partial charge < -0.3 is 10.7 Å². The molecule has 0 radical (unpaired) electrons. The van der Waals surface area contributed by atoms with E-state index in [1.165, 1.54) is 6.20 Å². The van der Waals surface area contributed by atoms with Crippen LogP contribution in [0.4, 0.5) is 11.5 Å². The van der Waals surface area contributed by atoms with Gasteiger partial charge in [0.2, 0.25) is 0 Å². The van der Waals surface area contributed by atoms with Crippen molar-refractivity contribution >= 4 is 17.4 Å². The standard InChI is InChI=1S/C10H12N6O/c1-16-6-8(5-13-16)14-10(17)7-2-3-12-9(4-7)15-11/h2-6H,11H2,1H3,(H,12,15)(H,14,17). The maximum absolute atomic E-state index is 11.8. The fourth-order valence-electron chi connectivity index (χ4n) is 1.34. The van der Waals surface area contributed by atoms with E-state index in [2.05, 4.69) is 20.8 Å². The zero-order chi connectivity index (χ0) is 12.3. The van der Waals surface area contributed by atoms with Gasteiger partial charge in [-0.2, -0.15) is 5.10 Å². The molecule has 1 amide bonds. The highest BCUT2D eigenvalue weighted by molar-refractivity contribution is 6.04. The maximum Gasteiger partial charge on any atom is 0.255 e. The van der Waals surface area contributed by atoms with Crippen molar-refractivity contribution in [1.82, 2.24) is 14.8 Å². The Morgan fingerprint density at radius 1 is 1.53 bits per heavy atom. The van der Waals surface area contributed by atoms with Crippen LogP contribution in [0.1, 0.15) is 10.4 Å². The van der Waals surface area contributed by atoms with Crippen LogP contribution in [0.25, 0.3) is 0 Å². The van der Waals surface area contributed by atoms with Crippen molar-refractivity contribution < 1.29 is 4.79 Å². The van der Waals surface area contributed by atoms with Gasteiger partial charge in [-0.1, -0.05) is 0 Å². The van der Waals surface area contributed by atoms with Crippen molar-refractivity contribution in [2.24, 2.45) is 12.9 Å². The number of hydrazine groups is 1. The Morgan fingerprint density at radius 3 is 3.00 bits per heavy atom. The van der Waals surface area contributed by atoms with Gasteiger partial charge in [0.15, 0.2) is 0 Å². The summed E-state index contributed by atoms with van der Waals surface area (Å²) < 4.78 is 1.61. The molecule has 2 heterocycles. The molecule has 2 rings (SSSR count). The van der Waals surface area contributed by atoms with Crippen LogP contribution < -0.4 is 16.6 Å². The minimum Gasteiger partial charge on any atom is -0.319 e. The first-order valence-corrected chi connectivity index (χ1v) is 4.91. The molecule has 88 valence electrons. The molecule has 0 bridgehead atoms. The molecule has 0 atom stereocenters. The lowest BCUT2D eigenvalue weighted by Gasteiger charge is -2.04. The molecule has 0 saturated heterocycles. The number of amides is 1. The number of nitrogens with zero attached hydrogens (tertiary/aromatic N) is 3. The number of carbonyl (C=O) groups is 1. The average Bonchev–Trinajstić information content (AvgIpc) is 2.75. The van der Waals surface area contributed by atoms with E-state index in [4.69, 9.17) is 5.84 Å². The first-order chi connectivity index (χ1) is 8.19. The minimum absolute atomic E-state index is 0.239. The van der Waals surface area contributed by atoms with Crippen LogP contribution in [0, 0.1) is 0 Å². The first kappa shape index (κ1) is 11.1. The quantitative estimate of drug-likeness (QED) is 0.524. The first-order valence-electron chi connectivity index (χ1n) is 4.91. The number of hydrogen-bond acceptors (Lipinski definition) is 5. The summed E-state index contributed by atoms with van der Waals surface area (Å²) in [7, 11) is 1.78.